The zero-order valence-corrected chi connectivity index (χ0v) is 12.5. The molecule has 114 valence electrons. The first-order chi connectivity index (χ1) is 10.8. The summed E-state index contributed by atoms with van der Waals surface area (Å²) in [5, 5.41) is 4.77. The second-order valence-corrected chi connectivity index (χ2v) is 6.10. The Balaban J connectivity index is 1.59. The van der Waals surface area contributed by atoms with Gasteiger partial charge in [-0.05, 0) is 31.7 Å². The van der Waals surface area contributed by atoms with Gasteiger partial charge in [-0.25, -0.2) is 9.97 Å². The fourth-order valence-corrected chi connectivity index (χ4v) is 3.02. The lowest BCUT2D eigenvalue weighted by molar-refractivity contribution is -0.149. The van der Waals surface area contributed by atoms with E-state index in [1.165, 1.54) is 20.0 Å². The summed E-state index contributed by atoms with van der Waals surface area (Å²) in [7, 11) is 1.44. The third-order valence-electron chi connectivity index (χ3n) is 4.55. The normalized spacial score (nSPS) is 23.9. The van der Waals surface area contributed by atoms with E-state index in [4.69, 9.17) is 9.84 Å². The molecule has 0 amide bonds. The van der Waals surface area contributed by atoms with Gasteiger partial charge in [-0.2, -0.15) is 5.10 Å². The summed E-state index contributed by atoms with van der Waals surface area (Å²) in [6, 6.07) is 2.09. The smallest absolute Gasteiger partial charge is 0.308 e. The van der Waals surface area contributed by atoms with Gasteiger partial charge in [-0.15, -0.1) is 0 Å². The van der Waals surface area contributed by atoms with Gasteiger partial charge in [0.1, 0.15) is 0 Å². The number of carbonyl (C=O) groups excluding carboxylic acids is 1. The van der Waals surface area contributed by atoms with Gasteiger partial charge in [-0.3, -0.25) is 9.48 Å². The Hall–Kier alpha value is -2.24. The van der Waals surface area contributed by atoms with Gasteiger partial charge in [0.25, 0.3) is 0 Å². The van der Waals surface area contributed by atoms with Crippen molar-refractivity contribution in [1.82, 2.24) is 19.7 Å². The second kappa shape index (κ2) is 5.19. The number of nitrogens with zero attached hydrogens (tertiary/aromatic N) is 4. The molecule has 2 saturated carbocycles. The van der Waals surface area contributed by atoms with Crippen LogP contribution in [0.25, 0.3) is 11.4 Å². The van der Waals surface area contributed by atoms with Gasteiger partial charge < -0.3 is 4.74 Å². The van der Waals surface area contributed by atoms with E-state index in [0.717, 1.165) is 29.9 Å². The predicted octanol–water partition coefficient (Wildman–Crippen LogP) is 2.34. The molecule has 4 rings (SSSR count). The van der Waals surface area contributed by atoms with E-state index in [-0.39, 0.29) is 17.9 Å². The van der Waals surface area contributed by atoms with Crippen molar-refractivity contribution in [1.29, 1.82) is 0 Å². The van der Waals surface area contributed by atoms with Crippen molar-refractivity contribution < 1.29 is 9.53 Å². The Bertz CT molecular complexity index is 687. The van der Waals surface area contributed by atoms with E-state index in [9.17, 15) is 4.79 Å². The lowest BCUT2D eigenvalue weighted by Gasteiger charge is -2.33. The molecule has 2 heterocycles. The molecule has 0 radical (unpaired) electrons. The molecule has 0 aromatic carbocycles. The molecule has 0 unspecified atom stereocenters. The molecule has 0 bridgehead atoms. The maximum Gasteiger partial charge on any atom is 0.308 e. The number of rotatable bonds is 4. The summed E-state index contributed by atoms with van der Waals surface area (Å²) in [6.07, 6.45) is 9.53. The zero-order chi connectivity index (χ0) is 15.1. The Morgan fingerprint density at radius 3 is 2.64 bits per heavy atom. The van der Waals surface area contributed by atoms with Crippen LogP contribution in [-0.4, -0.2) is 32.8 Å². The van der Waals surface area contributed by atoms with Crippen molar-refractivity contribution >= 4 is 5.97 Å². The van der Waals surface area contributed by atoms with Gasteiger partial charge in [0.2, 0.25) is 0 Å². The van der Waals surface area contributed by atoms with Crippen molar-refractivity contribution in [2.45, 2.75) is 37.6 Å². The van der Waals surface area contributed by atoms with Crippen LogP contribution < -0.4 is 0 Å². The number of carbonyl (C=O) groups is 1. The molecule has 2 aliphatic rings. The highest BCUT2D eigenvalue weighted by Crippen LogP contribution is 2.45. The van der Waals surface area contributed by atoms with Gasteiger partial charge in [0.05, 0.1) is 30.3 Å². The van der Waals surface area contributed by atoms with E-state index in [1.807, 2.05) is 16.9 Å². The quantitative estimate of drug-likeness (QED) is 0.810. The lowest BCUT2D eigenvalue weighted by atomic mass is 9.80. The number of esters is 1. The SMILES string of the molecule is COC(=O)C1CC(n2cc(-c3ncccn3)c(C3CC3)n2)C1. The van der Waals surface area contributed by atoms with Crippen LogP contribution in [0.3, 0.4) is 0 Å². The summed E-state index contributed by atoms with van der Waals surface area (Å²) in [5.74, 6) is 1.17. The van der Waals surface area contributed by atoms with Crippen LogP contribution >= 0.6 is 0 Å². The summed E-state index contributed by atoms with van der Waals surface area (Å²) >= 11 is 0. The van der Waals surface area contributed by atoms with Crippen LogP contribution in [0.4, 0.5) is 0 Å². The van der Waals surface area contributed by atoms with Crippen molar-refractivity contribution in [3.63, 3.8) is 0 Å². The molecule has 6 heteroatoms. The largest absolute Gasteiger partial charge is 0.469 e. The molecule has 6 nitrogen and oxygen atoms in total. The molecule has 2 aliphatic carbocycles. The van der Waals surface area contributed by atoms with Crippen molar-refractivity contribution in [2.75, 3.05) is 7.11 Å². The maximum absolute atomic E-state index is 11.5. The third-order valence-corrected chi connectivity index (χ3v) is 4.55. The van der Waals surface area contributed by atoms with E-state index in [2.05, 4.69) is 9.97 Å². The molecule has 2 aromatic heterocycles. The third kappa shape index (κ3) is 2.28. The highest BCUT2D eigenvalue weighted by atomic mass is 16.5. The van der Waals surface area contributed by atoms with Crippen LogP contribution in [-0.2, 0) is 9.53 Å². The lowest BCUT2D eigenvalue weighted by Crippen LogP contribution is -2.33. The van der Waals surface area contributed by atoms with E-state index < -0.39 is 0 Å². The summed E-state index contributed by atoms with van der Waals surface area (Å²) in [6.45, 7) is 0. The number of hydrogen-bond acceptors (Lipinski definition) is 5. The minimum Gasteiger partial charge on any atom is -0.469 e. The molecule has 2 aromatic rings. The van der Waals surface area contributed by atoms with Crippen LogP contribution in [0.2, 0.25) is 0 Å². The molecule has 0 N–H and O–H groups in total. The average molecular weight is 298 g/mol. The minimum absolute atomic E-state index is 0.0139. The van der Waals surface area contributed by atoms with Crippen LogP contribution in [0, 0.1) is 5.92 Å². The topological polar surface area (TPSA) is 69.9 Å². The summed E-state index contributed by atoms with van der Waals surface area (Å²) in [5.41, 5.74) is 2.14. The fourth-order valence-electron chi connectivity index (χ4n) is 3.02. The standard InChI is InChI=1S/C16H18N4O2/c1-22-16(21)11-7-12(8-11)20-9-13(14(19-20)10-3-4-10)15-17-5-2-6-18-15/h2,5-6,9-12H,3-4,7-8H2,1H3. The fraction of sp³-hybridized carbons (Fsp3) is 0.500. The van der Waals surface area contributed by atoms with E-state index in [1.54, 1.807) is 12.4 Å². The first-order valence-electron chi connectivity index (χ1n) is 7.70. The van der Waals surface area contributed by atoms with Gasteiger partial charge in [0, 0.05) is 24.5 Å². The molecular weight excluding hydrogens is 280 g/mol. The van der Waals surface area contributed by atoms with Crippen molar-refractivity contribution in [2.24, 2.45) is 5.92 Å². The van der Waals surface area contributed by atoms with Crippen molar-refractivity contribution in [3.05, 3.63) is 30.4 Å². The highest BCUT2D eigenvalue weighted by molar-refractivity contribution is 5.73. The monoisotopic (exact) mass is 298 g/mol. The van der Waals surface area contributed by atoms with Crippen molar-refractivity contribution in [3.8, 4) is 11.4 Å². The van der Waals surface area contributed by atoms with Crippen LogP contribution in [0.5, 0.6) is 0 Å². The first kappa shape index (κ1) is 13.4. The summed E-state index contributed by atoms with van der Waals surface area (Å²) in [4.78, 5) is 20.2. The number of ether oxygens (including phenoxy) is 1. The minimum atomic E-state index is -0.113. The van der Waals surface area contributed by atoms with Crippen LogP contribution in [0.1, 0.15) is 43.3 Å². The molecule has 2 fully saturated rings. The molecule has 0 saturated heterocycles. The number of hydrogen-bond donors (Lipinski definition) is 0. The Morgan fingerprint density at radius 2 is 2.00 bits per heavy atom. The molecule has 0 aliphatic heterocycles. The van der Waals surface area contributed by atoms with E-state index in [0.29, 0.717) is 5.92 Å². The Kier molecular flexibility index (Phi) is 3.17. The summed E-state index contributed by atoms with van der Waals surface area (Å²) < 4.78 is 6.80. The van der Waals surface area contributed by atoms with Gasteiger partial charge in [0.15, 0.2) is 5.82 Å². The highest BCUT2D eigenvalue weighted by Gasteiger charge is 2.38. The molecule has 0 atom stereocenters. The average Bonchev–Trinajstić information content (AvgIpc) is 3.27. The Morgan fingerprint density at radius 1 is 1.27 bits per heavy atom. The molecule has 22 heavy (non-hydrogen) atoms. The molecular formula is C16H18N4O2. The molecule has 0 spiro atoms. The number of methoxy groups -OCH3 is 1. The zero-order valence-electron chi connectivity index (χ0n) is 12.5. The maximum atomic E-state index is 11.5. The van der Waals surface area contributed by atoms with Crippen LogP contribution in [0.15, 0.2) is 24.7 Å². The number of aromatic nitrogens is 4. The van der Waals surface area contributed by atoms with Gasteiger partial charge in [-0.1, -0.05) is 0 Å². The second-order valence-electron chi connectivity index (χ2n) is 6.10. The van der Waals surface area contributed by atoms with Gasteiger partial charge >= 0.3 is 5.97 Å². The first-order valence-corrected chi connectivity index (χ1v) is 7.70. The Labute approximate surface area is 128 Å². The predicted molar refractivity (Wildman–Crippen MR) is 79.0 cm³/mol. The van der Waals surface area contributed by atoms with E-state index >= 15 is 0 Å².